The van der Waals surface area contributed by atoms with Gasteiger partial charge in [0, 0.05) is 6.04 Å². The van der Waals surface area contributed by atoms with Gasteiger partial charge in [0.2, 0.25) is 0 Å². The van der Waals surface area contributed by atoms with E-state index in [9.17, 15) is 0 Å². The Morgan fingerprint density at radius 3 is 2.33 bits per heavy atom. The molecule has 0 radical (unpaired) electrons. The quantitative estimate of drug-likeness (QED) is 0.663. The van der Waals surface area contributed by atoms with Gasteiger partial charge in [-0.05, 0) is 50.0 Å². The van der Waals surface area contributed by atoms with Crippen LogP contribution in [0.1, 0.15) is 46.0 Å². The topological polar surface area (TPSA) is 12.0 Å². The van der Waals surface area contributed by atoms with Crippen molar-refractivity contribution in [3.8, 4) is 0 Å². The number of hydrogen-bond donors (Lipinski definition) is 1. The lowest BCUT2D eigenvalue weighted by molar-refractivity contribution is 0.278. The average Bonchev–Trinajstić information content (AvgIpc) is 2.84. The molecule has 0 aromatic carbocycles. The van der Waals surface area contributed by atoms with E-state index >= 15 is 0 Å². The Bertz CT molecular complexity index is 154. The molecule has 0 aliphatic heterocycles. The van der Waals surface area contributed by atoms with Crippen LogP contribution in [0.5, 0.6) is 0 Å². The fourth-order valence-corrected chi connectivity index (χ4v) is 1.95. The molecule has 12 heavy (non-hydrogen) atoms. The van der Waals surface area contributed by atoms with Crippen molar-refractivity contribution in [3.63, 3.8) is 0 Å². The molecule has 0 amide bonds. The first-order valence-corrected chi connectivity index (χ1v) is 5.42. The molecule has 2 aliphatic rings. The molecule has 0 saturated heterocycles. The lowest BCUT2D eigenvalue weighted by atomic mass is 9.84. The van der Waals surface area contributed by atoms with Gasteiger partial charge in [0.05, 0.1) is 0 Å². The van der Waals surface area contributed by atoms with Gasteiger partial charge in [0.1, 0.15) is 0 Å². The maximum absolute atomic E-state index is 3.60. The summed E-state index contributed by atoms with van der Waals surface area (Å²) in [4.78, 5) is 0. The van der Waals surface area contributed by atoms with Crippen molar-refractivity contribution < 1.29 is 0 Å². The lowest BCUT2D eigenvalue weighted by Gasteiger charge is -2.24. The molecule has 0 unspecified atom stereocenters. The first kappa shape index (κ1) is 8.55. The van der Waals surface area contributed by atoms with Gasteiger partial charge in [0.15, 0.2) is 0 Å². The molecule has 0 aromatic rings. The average molecular weight is 167 g/mol. The van der Waals surface area contributed by atoms with E-state index in [0.717, 1.165) is 12.0 Å². The summed E-state index contributed by atoms with van der Waals surface area (Å²) in [6.07, 6.45) is 7.18. The molecule has 1 nitrogen and oxygen atoms in total. The number of rotatable bonds is 5. The van der Waals surface area contributed by atoms with E-state index in [2.05, 4.69) is 19.2 Å². The second kappa shape index (κ2) is 3.02. The SMILES string of the molecule is CC(C)(CCNC1CC1)C1CC1. The van der Waals surface area contributed by atoms with Crippen molar-refractivity contribution in [2.75, 3.05) is 6.54 Å². The molecular weight excluding hydrogens is 146 g/mol. The zero-order chi connectivity index (χ0) is 8.60. The maximum atomic E-state index is 3.60. The summed E-state index contributed by atoms with van der Waals surface area (Å²) >= 11 is 0. The Morgan fingerprint density at radius 2 is 1.83 bits per heavy atom. The van der Waals surface area contributed by atoms with Crippen molar-refractivity contribution in [1.82, 2.24) is 5.32 Å². The van der Waals surface area contributed by atoms with Gasteiger partial charge < -0.3 is 5.32 Å². The minimum atomic E-state index is 0.613. The zero-order valence-corrected chi connectivity index (χ0v) is 8.40. The van der Waals surface area contributed by atoms with Gasteiger partial charge in [-0.1, -0.05) is 13.8 Å². The van der Waals surface area contributed by atoms with Crippen LogP contribution in [0.25, 0.3) is 0 Å². The van der Waals surface area contributed by atoms with Crippen LogP contribution < -0.4 is 5.32 Å². The molecule has 0 spiro atoms. The minimum Gasteiger partial charge on any atom is -0.314 e. The van der Waals surface area contributed by atoms with E-state index in [1.54, 1.807) is 0 Å². The van der Waals surface area contributed by atoms with Crippen LogP contribution >= 0.6 is 0 Å². The fourth-order valence-electron chi connectivity index (χ4n) is 1.95. The third kappa shape index (κ3) is 2.22. The molecule has 0 atom stereocenters. The summed E-state index contributed by atoms with van der Waals surface area (Å²) in [6.45, 7) is 6.10. The first-order chi connectivity index (χ1) is 5.68. The molecule has 1 heteroatoms. The molecule has 0 bridgehead atoms. The van der Waals surface area contributed by atoms with Crippen LogP contribution in [-0.4, -0.2) is 12.6 Å². The first-order valence-electron chi connectivity index (χ1n) is 5.42. The number of nitrogens with one attached hydrogen (secondary N) is 1. The lowest BCUT2D eigenvalue weighted by Crippen LogP contribution is -2.25. The van der Waals surface area contributed by atoms with Crippen molar-refractivity contribution >= 4 is 0 Å². The van der Waals surface area contributed by atoms with E-state index in [1.807, 2.05) is 0 Å². The highest BCUT2D eigenvalue weighted by atomic mass is 14.9. The van der Waals surface area contributed by atoms with Gasteiger partial charge >= 0.3 is 0 Å². The van der Waals surface area contributed by atoms with Crippen molar-refractivity contribution in [3.05, 3.63) is 0 Å². The van der Waals surface area contributed by atoms with Gasteiger partial charge in [0.25, 0.3) is 0 Å². The predicted octanol–water partition coefficient (Wildman–Crippen LogP) is 2.56. The fraction of sp³-hybridized carbons (Fsp3) is 1.00. The summed E-state index contributed by atoms with van der Waals surface area (Å²) in [5.41, 5.74) is 0.613. The Hall–Kier alpha value is -0.0400. The summed E-state index contributed by atoms with van der Waals surface area (Å²) in [5, 5.41) is 3.60. The highest BCUT2D eigenvalue weighted by Gasteiger charge is 2.37. The number of hydrogen-bond acceptors (Lipinski definition) is 1. The standard InChI is InChI=1S/C11H21N/c1-11(2,9-3-4-9)7-8-12-10-5-6-10/h9-10,12H,3-8H2,1-2H3. The Kier molecular flexibility index (Phi) is 2.16. The van der Waals surface area contributed by atoms with Crippen LogP contribution in [-0.2, 0) is 0 Å². The Balaban J connectivity index is 1.62. The second-order valence-electron chi connectivity index (χ2n) is 5.24. The van der Waals surface area contributed by atoms with Crippen LogP contribution in [0, 0.1) is 11.3 Å². The Morgan fingerprint density at radius 1 is 1.17 bits per heavy atom. The Labute approximate surface area is 75.9 Å². The van der Waals surface area contributed by atoms with Gasteiger partial charge in [-0.25, -0.2) is 0 Å². The van der Waals surface area contributed by atoms with E-state index < -0.39 is 0 Å². The van der Waals surface area contributed by atoms with Crippen LogP contribution in [0.4, 0.5) is 0 Å². The molecule has 2 fully saturated rings. The van der Waals surface area contributed by atoms with Crippen molar-refractivity contribution in [2.45, 2.75) is 52.0 Å². The smallest absolute Gasteiger partial charge is 0.00682 e. The third-order valence-electron chi connectivity index (χ3n) is 3.46. The molecule has 70 valence electrons. The van der Waals surface area contributed by atoms with Crippen molar-refractivity contribution in [1.29, 1.82) is 0 Å². The molecule has 0 heterocycles. The van der Waals surface area contributed by atoms with E-state index in [4.69, 9.17) is 0 Å². The molecule has 1 N–H and O–H groups in total. The van der Waals surface area contributed by atoms with Crippen LogP contribution in [0.15, 0.2) is 0 Å². The minimum absolute atomic E-state index is 0.613. The summed E-state index contributed by atoms with van der Waals surface area (Å²) < 4.78 is 0. The summed E-state index contributed by atoms with van der Waals surface area (Å²) in [5.74, 6) is 1.04. The van der Waals surface area contributed by atoms with E-state index in [0.29, 0.717) is 5.41 Å². The zero-order valence-electron chi connectivity index (χ0n) is 8.40. The highest BCUT2D eigenvalue weighted by Crippen LogP contribution is 2.47. The van der Waals surface area contributed by atoms with Crippen LogP contribution in [0.3, 0.4) is 0 Å². The van der Waals surface area contributed by atoms with Gasteiger partial charge in [-0.2, -0.15) is 0 Å². The van der Waals surface area contributed by atoms with E-state index in [-0.39, 0.29) is 0 Å². The highest BCUT2D eigenvalue weighted by molar-refractivity contribution is 4.89. The predicted molar refractivity (Wildman–Crippen MR) is 52.1 cm³/mol. The van der Waals surface area contributed by atoms with Crippen molar-refractivity contribution in [2.24, 2.45) is 11.3 Å². The third-order valence-corrected chi connectivity index (χ3v) is 3.46. The second-order valence-corrected chi connectivity index (χ2v) is 5.24. The largest absolute Gasteiger partial charge is 0.314 e. The molecule has 2 rings (SSSR count). The van der Waals surface area contributed by atoms with Crippen LogP contribution in [0.2, 0.25) is 0 Å². The normalized spacial score (nSPS) is 24.5. The van der Waals surface area contributed by atoms with E-state index in [1.165, 1.54) is 38.6 Å². The van der Waals surface area contributed by atoms with Gasteiger partial charge in [-0.3, -0.25) is 0 Å². The molecule has 2 aliphatic carbocycles. The monoisotopic (exact) mass is 167 g/mol. The molecular formula is C11H21N. The van der Waals surface area contributed by atoms with Gasteiger partial charge in [-0.15, -0.1) is 0 Å². The maximum Gasteiger partial charge on any atom is 0.00682 e. The summed E-state index contributed by atoms with van der Waals surface area (Å²) in [6, 6.07) is 0.889. The molecule has 0 aromatic heterocycles. The molecule has 2 saturated carbocycles. The summed E-state index contributed by atoms with van der Waals surface area (Å²) in [7, 11) is 0.